The molecule has 0 fully saturated rings. The fraction of sp³-hybridized carbons (Fsp3) is 0.600. The van der Waals surface area contributed by atoms with Gasteiger partial charge in [0.15, 0.2) is 0 Å². The number of benzene rings is 1. The second-order valence-corrected chi connectivity index (χ2v) is 6.36. The summed E-state index contributed by atoms with van der Waals surface area (Å²) < 4.78 is 0. The number of phenols is 2. The summed E-state index contributed by atoms with van der Waals surface area (Å²) in [7, 11) is 0. The van der Waals surface area contributed by atoms with Crippen LogP contribution >= 0.6 is 0 Å². The van der Waals surface area contributed by atoms with Gasteiger partial charge in [0.05, 0.1) is 0 Å². The third-order valence-electron chi connectivity index (χ3n) is 4.46. The molecule has 1 aliphatic carbocycles. The van der Waals surface area contributed by atoms with Gasteiger partial charge in [0.25, 0.3) is 0 Å². The summed E-state index contributed by atoms with van der Waals surface area (Å²) in [4.78, 5) is 0. The minimum Gasteiger partial charge on any atom is -0.557 e. The molecule has 0 aliphatic heterocycles. The predicted molar refractivity (Wildman–Crippen MR) is 92.0 cm³/mol. The van der Waals surface area contributed by atoms with Crippen LogP contribution in [0.25, 0.3) is 0 Å². The van der Waals surface area contributed by atoms with Crippen LogP contribution in [0.2, 0.25) is 0 Å². The quantitative estimate of drug-likeness (QED) is 0.446. The zero-order chi connectivity index (χ0) is 16.5. The Labute approximate surface area is 198 Å². The van der Waals surface area contributed by atoms with E-state index in [0.717, 1.165) is 30.2 Å². The molecule has 130 valence electrons. The van der Waals surface area contributed by atoms with E-state index in [1.54, 1.807) is 5.57 Å². The molecule has 0 amide bonds. The topological polar surface area (TPSA) is 40.5 Å². The summed E-state index contributed by atoms with van der Waals surface area (Å²) in [6, 6.07) is 6.60. The van der Waals surface area contributed by atoms with E-state index in [-0.39, 0.29) is 76.9 Å². The molecular formula is C20H30O2Y2-2. The van der Waals surface area contributed by atoms with Gasteiger partial charge in [0.1, 0.15) is 0 Å². The molecule has 0 saturated heterocycles. The van der Waals surface area contributed by atoms with Crippen molar-refractivity contribution >= 4 is 0 Å². The van der Waals surface area contributed by atoms with Crippen LogP contribution < -0.4 is 0 Å². The van der Waals surface area contributed by atoms with Crippen LogP contribution in [0.5, 0.6) is 11.5 Å². The van der Waals surface area contributed by atoms with Crippen molar-refractivity contribution in [2.24, 2.45) is 11.8 Å². The molecule has 2 nitrogen and oxygen atoms in total. The molecule has 1 aromatic rings. The van der Waals surface area contributed by atoms with Gasteiger partial charge in [-0.05, 0) is 38.0 Å². The second-order valence-electron chi connectivity index (χ2n) is 6.36. The van der Waals surface area contributed by atoms with Crippen LogP contribution in [-0.2, 0) is 71.8 Å². The number of hydrogen-bond acceptors (Lipinski definition) is 2. The molecule has 2 rings (SSSR count). The molecule has 0 aromatic heterocycles. The zero-order valence-electron chi connectivity index (χ0n) is 15.6. The number of rotatable bonds is 4. The minimum atomic E-state index is -0.0234. The van der Waals surface area contributed by atoms with Crippen molar-refractivity contribution in [1.29, 1.82) is 0 Å². The van der Waals surface area contributed by atoms with Crippen molar-refractivity contribution in [3.8, 4) is 11.5 Å². The summed E-state index contributed by atoms with van der Waals surface area (Å²) in [5, 5.41) is 18.0. The van der Waals surface area contributed by atoms with Gasteiger partial charge >= 0.3 is 0 Å². The number of phenolic OH excluding ortho intramolecular Hbond substituents is 2. The molecule has 1 aromatic carbocycles. The number of hydrogen-bond donors (Lipinski definition) is 2. The van der Waals surface area contributed by atoms with E-state index in [1.807, 2.05) is 6.92 Å². The van der Waals surface area contributed by atoms with Gasteiger partial charge in [-0.25, -0.2) is 6.07 Å². The van der Waals surface area contributed by atoms with Crippen LogP contribution in [0.3, 0.4) is 0 Å². The maximum Gasteiger partial charge on any atom is 0 e. The molecule has 2 unspecified atom stereocenters. The van der Waals surface area contributed by atoms with Crippen molar-refractivity contribution in [2.45, 2.75) is 66.2 Å². The van der Waals surface area contributed by atoms with Gasteiger partial charge in [0.2, 0.25) is 0 Å². The Morgan fingerprint density at radius 2 is 1.75 bits per heavy atom. The molecule has 0 heterocycles. The van der Waals surface area contributed by atoms with Gasteiger partial charge in [-0.15, -0.1) is 11.5 Å². The average molecular weight is 480 g/mol. The van der Waals surface area contributed by atoms with Crippen molar-refractivity contribution < 1.29 is 75.6 Å². The summed E-state index contributed by atoms with van der Waals surface area (Å²) in [6.07, 6.45) is 9.61. The number of allylic oxidation sites excluding steroid dienone is 2. The third kappa shape index (κ3) is 10.7. The predicted octanol–water partition coefficient (Wildman–Crippen LogP) is 5.42. The molecule has 2 radical (unpaired) electrons. The first-order valence-corrected chi connectivity index (χ1v) is 8.48. The average Bonchev–Trinajstić information content (AvgIpc) is 2.47. The van der Waals surface area contributed by atoms with E-state index in [2.05, 4.69) is 39.0 Å². The maximum absolute atomic E-state index is 8.98. The molecule has 0 bridgehead atoms. The Balaban J connectivity index is 0. The first-order valence-electron chi connectivity index (χ1n) is 8.48. The molecule has 2 N–H and O–H groups in total. The number of aromatic hydroxyl groups is 2. The smallest absolute Gasteiger partial charge is 0 e. The summed E-state index contributed by atoms with van der Waals surface area (Å²) in [6.45, 7) is 8.96. The van der Waals surface area contributed by atoms with E-state index >= 15 is 0 Å². The van der Waals surface area contributed by atoms with E-state index in [1.165, 1.54) is 31.7 Å². The normalized spacial score (nSPS) is 17.3. The largest absolute Gasteiger partial charge is 0.557 e. The molecular weight excluding hydrogens is 450 g/mol. The van der Waals surface area contributed by atoms with Crippen molar-refractivity contribution in [1.82, 2.24) is 0 Å². The molecule has 4 heteroatoms. The maximum atomic E-state index is 8.98. The fourth-order valence-electron chi connectivity index (χ4n) is 2.75. The van der Waals surface area contributed by atoms with Gasteiger partial charge in [-0.1, -0.05) is 51.7 Å². The van der Waals surface area contributed by atoms with E-state index in [4.69, 9.17) is 10.2 Å². The monoisotopic (exact) mass is 480 g/mol. The third-order valence-corrected chi connectivity index (χ3v) is 4.46. The van der Waals surface area contributed by atoms with Crippen molar-refractivity contribution in [3.05, 3.63) is 35.4 Å². The summed E-state index contributed by atoms with van der Waals surface area (Å²) in [5.41, 5.74) is 2.33. The minimum absolute atomic E-state index is 0. The fourth-order valence-corrected chi connectivity index (χ4v) is 2.75. The van der Waals surface area contributed by atoms with Gasteiger partial charge < -0.3 is 22.3 Å². The zero-order valence-corrected chi connectivity index (χ0v) is 21.3. The summed E-state index contributed by atoms with van der Waals surface area (Å²) in [5.74, 6) is 1.86. The first-order chi connectivity index (χ1) is 10.5. The molecule has 24 heavy (non-hydrogen) atoms. The number of aryl methyl sites for hydroxylation is 1. The Morgan fingerprint density at radius 3 is 2.17 bits per heavy atom. The molecule has 0 saturated carbocycles. The van der Waals surface area contributed by atoms with Gasteiger partial charge in [-0.3, -0.25) is 5.56 Å². The Bertz CT molecular complexity index is 466. The second kappa shape index (κ2) is 14.9. The van der Waals surface area contributed by atoms with Crippen molar-refractivity contribution in [3.63, 3.8) is 0 Å². The Morgan fingerprint density at radius 1 is 1.17 bits per heavy atom. The standard InChI is InChI=1S/C11H20.C9H10O2.2Y/c1-4-10(3)11-7-5-9(2)6-8-11;1-2-3-7-4-8(10)6-9(11)5-7;;/h5,10-11H,4,6-8H2,1-3H3;6,10-11H,2-3H2,1H3;;/q;-2;;. The van der Waals surface area contributed by atoms with Crippen LogP contribution in [0.4, 0.5) is 0 Å². The van der Waals surface area contributed by atoms with Crippen LogP contribution in [0, 0.1) is 24.0 Å². The van der Waals surface area contributed by atoms with Gasteiger partial charge in [-0.2, -0.15) is 0 Å². The van der Waals surface area contributed by atoms with Crippen LogP contribution in [0.15, 0.2) is 17.7 Å². The SMILES string of the molecule is CCC(C)C1CC=C(C)CC1.CCCc1[c-]c(O)cc(O)[c-]1.[Y].[Y]. The molecule has 0 spiro atoms. The Hall–Kier alpha value is 0.768. The van der Waals surface area contributed by atoms with E-state index < -0.39 is 0 Å². The molecule has 2 atom stereocenters. The van der Waals surface area contributed by atoms with Crippen molar-refractivity contribution in [2.75, 3.05) is 0 Å². The first kappa shape index (κ1) is 27.0. The molecule has 1 aliphatic rings. The van der Waals surface area contributed by atoms with Crippen LogP contribution in [-0.4, -0.2) is 10.2 Å². The van der Waals surface area contributed by atoms with E-state index in [0.29, 0.717) is 0 Å². The van der Waals surface area contributed by atoms with E-state index in [9.17, 15) is 0 Å². The van der Waals surface area contributed by atoms with Crippen LogP contribution in [0.1, 0.15) is 65.4 Å². The summed E-state index contributed by atoms with van der Waals surface area (Å²) >= 11 is 0. The Kier molecular flexibility index (Phi) is 16.7. The van der Waals surface area contributed by atoms with Gasteiger partial charge in [0, 0.05) is 65.4 Å².